The first kappa shape index (κ1) is 26.5. The van der Waals surface area contributed by atoms with Crippen LogP contribution in [0.5, 0.6) is 23.0 Å². The molecule has 3 aromatic rings. The number of para-hydroxylation sites is 2. The van der Waals surface area contributed by atoms with Gasteiger partial charge in [0.2, 0.25) is 0 Å². The molecule has 3 amide bonds. The highest BCUT2D eigenvalue weighted by molar-refractivity contribution is 6.39. The molecule has 0 atom stereocenters. The Hall–Kier alpha value is -5.06. The SMILES string of the molecule is COc1cccc(NC(=O)COc2ccc(C=NNC(=O)C(=O)Nc3ccccc3OC)cc2OC)c1. The van der Waals surface area contributed by atoms with Gasteiger partial charge in [0.25, 0.3) is 5.91 Å². The first-order chi connectivity index (χ1) is 17.9. The fraction of sp³-hybridized carbons (Fsp3) is 0.154. The third-order valence-electron chi connectivity index (χ3n) is 4.84. The van der Waals surface area contributed by atoms with E-state index in [0.29, 0.717) is 39.9 Å². The van der Waals surface area contributed by atoms with E-state index in [0.717, 1.165) is 0 Å². The normalized spacial score (nSPS) is 10.4. The molecule has 0 spiro atoms. The molecule has 0 bridgehead atoms. The molecule has 3 rings (SSSR count). The summed E-state index contributed by atoms with van der Waals surface area (Å²) < 4.78 is 21.2. The van der Waals surface area contributed by atoms with Crippen molar-refractivity contribution in [3.8, 4) is 23.0 Å². The Balaban J connectivity index is 1.53. The summed E-state index contributed by atoms with van der Waals surface area (Å²) in [6, 6.07) is 18.5. The van der Waals surface area contributed by atoms with Crippen molar-refractivity contribution in [2.24, 2.45) is 5.10 Å². The zero-order valence-corrected chi connectivity index (χ0v) is 20.4. The van der Waals surface area contributed by atoms with Crippen LogP contribution >= 0.6 is 0 Å². The van der Waals surface area contributed by atoms with Gasteiger partial charge in [-0.15, -0.1) is 0 Å². The lowest BCUT2D eigenvalue weighted by Gasteiger charge is -2.12. The Kier molecular flexibility index (Phi) is 9.43. The zero-order valence-electron chi connectivity index (χ0n) is 20.4. The minimum atomic E-state index is -0.962. The molecule has 0 aliphatic carbocycles. The van der Waals surface area contributed by atoms with Gasteiger partial charge >= 0.3 is 11.8 Å². The third-order valence-corrected chi connectivity index (χ3v) is 4.84. The van der Waals surface area contributed by atoms with Gasteiger partial charge in [-0.25, -0.2) is 5.43 Å². The molecule has 192 valence electrons. The second-order valence-corrected chi connectivity index (χ2v) is 7.33. The molecular formula is C26H26N4O7. The summed E-state index contributed by atoms with van der Waals surface area (Å²) >= 11 is 0. The highest BCUT2D eigenvalue weighted by atomic mass is 16.5. The fourth-order valence-electron chi connectivity index (χ4n) is 3.07. The van der Waals surface area contributed by atoms with Crippen LogP contribution in [0.15, 0.2) is 71.8 Å². The predicted molar refractivity (Wildman–Crippen MR) is 137 cm³/mol. The summed E-state index contributed by atoms with van der Waals surface area (Å²) in [7, 11) is 4.44. The van der Waals surface area contributed by atoms with Gasteiger partial charge in [-0.2, -0.15) is 5.10 Å². The van der Waals surface area contributed by atoms with Gasteiger partial charge in [0.05, 0.1) is 33.2 Å². The molecule has 0 fully saturated rings. The number of carbonyl (C=O) groups is 3. The van der Waals surface area contributed by atoms with Gasteiger partial charge in [0, 0.05) is 11.8 Å². The highest BCUT2D eigenvalue weighted by Crippen LogP contribution is 2.28. The van der Waals surface area contributed by atoms with Crippen LogP contribution in [0, 0.1) is 0 Å². The number of methoxy groups -OCH3 is 3. The van der Waals surface area contributed by atoms with Crippen molar-refractivity contribution in [1.29, 1.82) is 0 Å². The Labute approximate surface area is 213 Å². The van der Waals surface area contributed by atoms with Crippen molar-refractivity contribution < 1.29 is 33.3 Å². The predicted octanol–water partition coefficient (Wildman–Crippen LogP) is 2.82. The molecule has 0 aromatic heterocycles. The second kappa shape index (κ2) is 13.1. The molecule has 0 aliphatic heterocycles. The average molecular weight is 507 g/mol. The lowest BCUT2D eigenvalue weighted by molar-refractivity contribution is -0.136. The second-order valence-electron chi connectivity index (χ2n) is 7.33. The number of hydrogen-bond donors (Lipinski definition) is 3. The van der Waals surface area contributed by atoms with Crippen LogP contribution in [-0.4, -0.2) is 51.9 Å². The summed E-state index contributed by atoms with van der Waals surface area (Å²) in [5.41, 5.74) is 3.63. The average Bonchev–Trinajstić information content (AvgIpc) is 2.92. The van der Waals surface area contributed by atoms with Gasteiger partial charge in [0.1, 0.15) is 11.5 Å². The Morgan fingerprint density at radius 1 is 0.784 bits per heavy atom. The van der Waals surface area contributed by atoms with Crippen LogP contribution in [-0.2, 0) is 14.4 Å². The quantitative estimate of drug-likeness (QED) is 0.218. The van der Waals surface area contributed by atoms with Gasteiger partial charge in [-0.3, -0.25) is 14.4 Å². The third kappa shape index (κ3) is 7.72. The number of benzene rings is 3. The van der Waals surface area contributed by atoms with Crippen molar-refractivity contribution in [2.45, 2.75) is 0 Å². The smallest absolute Gasteiger partial charge is 0.329 e. The van der Waals surface area contributed by atoms with Crippen LogP contribution in [0.2, 0.25) is 0 Å². The Morgan fingerprint density at radius 2 is 1.57 bits per heavy atom. The maximum Gasteiger partial charge on any atom is 0.329 e. The first-order valence-corrected chi connectivity index (χ1v) is 11.0. The number of nitrogens with zero attached hydrogens (tertiary/aromatic N) is 1. The number of nitrogens with one attached hydrogen (secondary N) is 3. The molecule has 0 saturated heterocycles. The van der Waals surface area contributed by atoms with E-state index in [1.807, 2.05) is 0 Å². The highest BCUT2D eigenvalue weighted by Gasteiger charge is 2.15. The van der Waals surface area contributed by atoms with Gasteiger partial charge in [0.15, 0.2) is 18.1 Å². The number of amides is 3. The molecule has 11 nitrogen and oxygen atoms in total. The molecule has 0 unspecified atom stereocenters. The van der Waals surface area contributed by atoms with Crippen LogP contribution < -0.4 is 35.0 Å². The van der Waals surface area contributed by atoms with E-state index in [2.05, 4.69) is 21.2 Å². The molecule has 3 N–H and O–H groups in total. The van der Waals surface area contributed by atoms with Gasteiger partial charge < -0.3 is 29.6 Å². The van der Waals surface area contributed by atoms with Crippen molar-refractivity contribution in [2.75, 3.05) is 38.6 Å². The van der Waals surface area contributed by atoms with Crippen molar-refractivity contribution in [3.05, 3.63) is 72.3 Å². The molecule has 0 aliphatic rings. The molecule has 0 saturated carbocycles. The summed E-state index contributed by atoms with van der Waals surface area (Å²) in [4.78, 5) is 36.4. The van der Waals surface area contributed by atoms with E-state index in [1.165, 1.54) is 20.4 Å². The summed E-state index contributed by atoms with van der Waals surface area (Å²) in [5.74, 6) is -0.523. The molecular weight excluding hydrogens is 480 g/mol. The van der Waals surface area contributed by atoms with Gasteiger partial charge in [-0.1, -0.05) is 18.2 Å². The molecule has 37 heavy (non-hydrogen) atoms. The summed E-state index contributed by atoms with van der Waals surface area (Å²) in [6.07, 6.45) is 1.33. The number of hydrazone groups is 1. The van der Waals surface area contributed by atoms with Gasteiger partial charge in [-0.05, 0) is 48.0 Å². The maximum absolute atomic E-state index is 12.2. The minimum Gasteiger partial charge on any atom is -0.497 e. The lowest BCUT2D eigenvalue weighted by Crippen LogP contribution is -2.32. The first-order valence-electron chi connectivity index (χ1n) is 11.0. The minimum absolute atomic E-state index is 0.252. The van der Waals surface area contributed by atoms with Crippen LogP contribution in [0.1, 0.15) is 5.56 Å². The molecule has 0 heterocycles. The van der Waals surface area contributed by atoms with Crippen LogP contribution in [0.25, 0.3) is 0 Å². The fourth-order valence-corrected chi connectivity index (χ4v) is 3.07. The Morgan fingerprint density at radius 3 is 2.32 bits per heavy atom. The standard InChI is InChI=1S/C26H26N4O7/c1-34-19-8-6-7-18(14-19)28-24(31)16-37-22-12-11-17(13-23(22)36-3)15-27-30-26(33)25(32)29-20-9-4-5-10-21(20)35-2/h4-15H,16H2,1-3H3,(H,28,31)(H,29,32)(H,30,33). The summed E-state index contributed by atoms with van der Waals surface area (Å²) in [6.45, 7) is -0.252. The molecule has 3 aromatic carbocycles. The monoisotopic (exact) mass is 506 g/mol. The van der Waals surface area contributed by atoms with Crippen molar-refractivity contribution >= 4 is 35.3 Å². The van der Waals surface area contributed by atoms with E-state index in [4.69, 9.17) is 18.9 Å². The van der Waals surface area contributed by atoms with E-state index in [-0.39, 0.29) is 12.5 Å². The van der Waals surface area contributed by atoms with E-state index in [1.54, 1.807) is 73.8 Å². The van der Waals surface area contributed by atoms with E-state index in [9.17, 15) is 14.4 Å². The largest absolute Gasteiger partial charge is 0.497 e. The molecule has 0 radical (unpaired) electrons. The van der Waals surface area contributed by atoms with E-state index >= 15 is 0 Å². The van der Waals surface area contributed by atoms with Crippen molar-refractivity contribution in [1.82, 2.24) is 5.43 Å². The number of rotatable bonds is 10. The number of ether oxygens (including phenoxy) is 4. The molecule has 11 heteroatoms. The van der Waals surface area contributed by atoms with E-state index < -0.39 is 11.8 Å². The van der Waals surface area contributed by atoms with Crippen LogP contribution in [0.3, 0.4) is 0 Å². The zero-order chi connectivity index (χ0) is 26.6. The maximum atomic E-state index is 12.2. The number of anilines is 2. The number of hydrogen-bond acceptors (Lipinski definition) is 8. The topological polar surface area (TPSA) is 137 Å². The lowest BCUT2D eigenvalue weighted by atomic mass is 10.2. The van der Waals surface area contributed by atoms with Crippen LogP contribution in [0.4, 0.5) is 11.4 Å². The Bertz CT molecular complexity index is 1290. The number of carbonyl (C=O) groups excluding carboxylic acids is 3. The van der Waals surface area contributed by atoms with Crippen molar-refractivity contribution in [3.63, 3.8) is 0 Å². The summed E-state index contributed by atoms with van der Waals surface area (Å²) in [5, 5.41) is 8.97.